The van der Waals surface area contributed by atoms with Gasteiger partial charge in [-0.05, 0) is 22.3 Å². The maximum absolute atomic E-state index is 10.7. The van der Waals surface area contributed by atoms with Crippen molar-refractivity contribution in [3.05, 3.63) is 167 Å². The molecule has 0 atom stereocenters. The number of allylic oxidation sites excluding steroid dienone is 2. The zero-order valence-electron chi connectivity index (χ0n) is 29.0. The lowest BCUT2D eigenvalue weighted by molar-refractivity contribution is 1.10. The van der Waals surface area contributed by atoms with Gasteiger partial charge in [-0.3, -0.25) is 0 Å². The Morgan fingerprint density at radius 1 is 0.339 bits per heavy atom. The van der Waals surface area contributed by atoms with E-state index < -0.39 is 0 Å². The molecular formula is C44H22N12. The number of nitrogens with zero attached hydrogens (tertiary/aromatic N) is 10. The quantitative estimate of drug-likeness (QED) is 0.180. The van der Waals surface area contributed by atoms with Crippen LogP contribution in [0.2, 0.25) is 0 Å². The Kier molecular flexibility index (Phi) is 8.03. The molecule has 12 nitrogen and oxygen atoms in total. The fourth-order valence-corrected chi connectivity index (χ4v) is 6.86. The summed E-state index contributed by atoms with van der Waals surface area (Å²) in [7, 11) is 0. The van der Waals surface area contributed by atoms with Gasteiger partial charge in [0, 0.05) is 22.3 Å². The van der Waals surface area contributed by atoms with Gasteiger partial charge < -0.3 is 9.97 Å². The SMILES string of the molecule is N#CC1=C(c2ccccc2)c2nc1nc1[nH]c(nc3nc(nc4[nH]c(n2)c(C#N)c4-c2ccccc2)C(C#N)=C3c2ccccc2)c(C#N)c1-c1ccccc1. The van der Waals surface area contributed by atoms with Crippen molar-refractivity contribution in [2.75, 3.05) is 0 Å². The zero-order chi connectivity index (χ0) is 38.2. The normalized spacial score (nSPS) is 12.1. The first kappa shape index (κ1) is 33.0. The van der Waals surface area contributed by atoms with Crippen molar-refractivity contribution in [2.24, 2.45) is 0 Å². The Bertz CT molecular complexity index is 2940. The molecule has 2 N–H and O–H groups in total. The van der Waals surface area contributed by atoms with Crippen molar-refractivity contribution in [3.63, 3.8) is 0 Å². The molecule has 0 saturated heterocycles. The minimum absolute atomic E-state index is 0.0374. The van der Waals surface area contributed by atoms with E-state index in [4.69, 9.17) is 29.9 Å². The number of H-pyrrole nitrogens is 2. The molecule has 2 aliphatic rings. The first-order valence-corrected chi connectivity index (χ1v) is 17.2. The van der Waals surface area contributed by atoms with Crippen LogP contribution >= 0.6 is 0 Å². The lowest BCUT2D eigenvalue weighted by Crippen LogP contribution is -1.91. The fourth-order valence-electron chi connectivity index (χ4n) is 6.86. The van der Waals surface area contributed by atoms with Crippen LogP contribution in [0.15, 0.2) is 121 Å². The van der Waals surface area contributed by atoms with Crippen molar-refractivity contribution < 1.29 is 0 Å². The summed E-state index contributed by atoms with van der Waals surface area (Å²) < 4.78 is 0. The summed E-state index contributed by atoms with van der Waals surface area (Å²) in [4.78, 5) is 35.7. The molecule has 12 heteroatoms. The van der Waals surface area contributed by atoms with Gasteiger partial charge in [0.25, 0.3) is 0 Å². The van der Waals surface area contributed by atoms with Crippen LogP contribution in [0.4, 0.5) is 0 Å². The monoisotopic (exact) mass is 718 g/mol. The van der Waals surface area contributed by atoms with E-state index in [2.05, 4.69) is 34.2 Å². The summed E-state index contributed by atoms with van der Waals surface area (Å²) in [5, 5.41) is 42.8. The highest BCUT2D eigenvalue weighted by Crippen LogP contribution is 2.38. The molecule has 2 aliphatic heterocycles. The lowest BCUT2D eigenvalue weighted by atomic mass is 10.0. The van der Waals surface area contributed by atoms with Gasteiger partial charge in [-0.25, -0.2) is 29.9 Å². The van der Waals surface area contributed by atoms with E-state index in [0.717, 1.165) is 0 Å². The van der Waals surface area contributed by atoms with Crippen molar-refractivity contribution in [1.82, 2.24) is 39.9 Å². The number of fused-ring (bicyclic) bond motifs is 8. The second kappa shape index (κ2) is 13.6. The Labute approximate surface area is 318 Å². The number of aromatic amines is 2. The van der Waals surface area contributed by atoms with Crippen molar-refractivity contribution >= 4 is 44.9 Å². The standard InChI is InChI=1S/C44H22N12/c45-21-29-33(25-13-5-1-6-14-25)41-49-37(29)54-42-35(27-17-9-3-10-18-27)31(23-47)39(51-42)56-44-36(28-19-11-4-12-20-28)32(24-48)40(52-44)55-43-34(26-15-7-2-8-16-26)30(22-46)38(50-43)53-41/h1-20H,(H2,49,50,51,52,53,54,55,56). The maximum atomic E-state index is 10.7. The molecule has 0 spiro atoms. The van der Waals surface area contributed by atoms with E-state index in [1.165, 1.54) is 0 Å². The first-order valence-electron chi connectivity index (χ1n) is 17.2. The van der Waals surface area contributed by atoms with Gasteiger partial charge >= 0.3 is 0 Å². The van der Waals surface area contributed by atoms with Gasteiger partial charge in [0.05, 0.1) is 0 Å². The molecule has 0 radical (unpaired) electrons. The topological polar surface area (TPSA) is 204 Å². The van der Waals surface area contributed by atoms with Crippen LogP contribution in [0.5, 0.6) is 0 Å². The number of hydrogen-bond acceptors (Lipinski definition) is 10. The molecule has 0 unspecified atom stereocenters. The molecule has 0 aliphatic carbocycles. The Hall–Kier alpha value is -8.84. The molecule has 8 bridgehead atoms. The molecule has 7 aromatic rings. The Balaban J connectivity index is 1.51. The third kappa shape index (κ3) is 5.45. The summed E-state index contributed by atoms with van der Waals surface area (Å²) in [5.74, 6) is 0.322. The summed E-state index contributed by atoms with van der Waals surface area (Å²) in [6.07, 6.45) is 0. The Morgan fingerprint density at radius 3 is 0.982 bits per heavy atom. The number of hydrogen-bond donors (Lipinski definition) is 2. The summed E-state index contributed by atoms with van der Waals surface area (Å²) in [6, 6.07) is 46.0. The second-order valence-corrected chi connectivity index (χ2v) is 12.5. The molecule has 0 amide bonds. The van der Waals surface area contributed by atoms with Crippen LogP contribution in [-0.2, 0) is 0 Å². The number of aromatic nitrogens is 8. The zero-order valence-corrected chi connectivity index (χ0v) is 29.0. The van der Waals surface area contributed by atoms with Crippen LogP contribution < -0.4 is 0 Å². The molecule has 0 fully saturated rings. The summed E-state index contributed by atoms with van der Waals surface area (Å²) in [5.41, 5.74) is 5.53. The van der Waals surface area contributed by atoms with Crippen LogP contribution in [-0.4, -0.2) is 39.9 Å². The fraction of sp³-hybridized carbons (Fsp3) is 0. The number of nitrogens with one attached hydrogen (secondary N) is 2. The average Bonchev–Trinajstić information content (AvgIpc) is 3.98. The highest BCUT2D eigenvalue weighted by Gasteiger charge is 2.29. The van der Waals surface area contributed by atoms with E-state index in [-0.39, 0.29) is 68.2 Å². The highest BCUT2D eigenvalue weighted by atomic mass is 15.1. The van der Waals surface area contributed by atoms with Gasteiger partial charge in [-0.15, -0.1) is 0 Å². The van der Waals surface area contributed by atoms with Crippen LogP contribution in [0, 0.1) is 45.3 Å². The lowest BCUT2D eigenvalue weighted by Gasteiger charge is -2.02. The predicted molar refractivity (Wildman–Crippen MR) is 208 cm³/mol. The molecular weight excluding hydrogens is 697 g/mol. The molecule has 4 aromatic carbocycles. The van der Waals surface area contributed by atoms with Gasteiger partial charge in [-0.2, -0.15) is 21.0 Å². The van der Waals surface area contributed by atoms with Crippen molar-refractivity contribution in [1.29, 1.82) is 21.0 Å². The van der Waals surface area contributed by atoms with E-state index in [1.54, 1.807) is 0 Å². The summed E-state index contributed by atoms with van der Waals surface area (Å²) in [6.45, 7) is 0. The minimum atomic E-state index is 0.0374. The van der Waals surface area contributed by atoms with Crippen LogP contribution in [0.1, 0.15) is 45.6 Å². The first-order chi connectivity index (χ1) is 27.6. The van der Waals surface area contributed by atoms with Crippen molar-refractivity contribution in [2.45, 2.75) is 0 Å². The van der Waals surface area contributed by atoms with Gasteiger partial charge in [0.2, 0.25) is 0 Å². The minimum Gasteiger partial charge on any atom is -0.323 e. The van der Waals surface area contributed by atoms with E-state index in [9.17, 15) is 21.0 Å². The number of rotatable bonds is 4. The van der Waals surface area contributed by atoms with E-state index >= 15 is 0 Å². The molecule has 258 valence electrons. The molecule has 5 heterocycles. The average molecular weight is 719 g/mol. The second-order valence-electron chi connectivity index (χ2n) is 12.5. The third-order valence-electron chi connectivity index (χ3n) is 9.31. The number of nitriles is 4. The maximum Gasteiger partial charge on any atom is 0.175 e. The third-order valence-corrected chi connectivity index (χ3v) is 9.31. The molecule has 56 heavy (non-hydrogen) atoms. The summed E-state index contributed by atoms with van der Waals surface area (Å²) >= 11 is 0. The number of benzene rings is 4. The van der Waals surface area contributed by atoms with Gasteiger partial charge in [0.1, 0.15) is 57.8 Å². The molecule has 9 rings (SSSR count). The van der Waals surface area contributed by atoms with Gasteiger partial charge in [-0.1, -0.05) is 121 Å². The smallest absolute Gasteiger partial charge is 0.175 e. The molecule has 0 saturated carbocycles. The van der Waals surface area contributed by atoms with E-state index in [1.807, 2.05) is 121 Å². The van der Waals surface area contributed by atoms with Crippen LogP contribution in [0.25, 0.3) is 67.1 Å². The Morgan fingerprint density at radius 2 is 0.661 bits per heavy atom. The highest BCUT2D eigenvalue weighted by molar-refractivity contribution is 6.05. The van der Waals surface area contributed by atoms with Crippen molar-refractivity contribution in [3.8, 4) is 46.5 Å². The largest absolute Gasteiger partial charge is 0.323 e. The predicted octanol–water partition coefficient (Wildman–Crippen LogP) is 7.94. The van der Waals surface area contributed by atoms with Crippen LogP contribution in [0.3, 0.4) is 0 Å². The van der Waals surface area contributed by atoms with Gasteiger partial charge in [0.15, 0.2) is 34.6 Å². The molecule has 3 aromatic heterocycles. The van der Waals surface area contributed by atoms with E-state index in [0.29, 0.717) is 44.5 Å².